The molecule has 0 unspecified atom stereocenters. The molecule has 0 radical (unpaired) electrons. The third-order valence-electron chi connectivity index (χ3n) is 3.40. The van der Waals surface area contributed by atoms with Crippen LogP contribution in [0.15, 0.2) is 18.2 Å². The zero-order chi connectivity index (χ0) is 15.1. The van der Waals surface area contributed by atoms with E-state index in [-0.39, 0.29) is 17.7 Å². The van der Waals surface area contributed by atoms with Gasteiger partial charge in [0.25, 0.3) is 5.91 Å². The standard InChI is InChI=1S/C15H22ClNO3/c1-4-12(5-2)17(9-8-16)15(19)11-6-7-14(20-3)13(18)10-11/h6-7,10,12,18H,4-5,8-9H2,1-3H3. The summed E-state index contributed by atoms with van der Waals surface area (Å²) in [5, 5.41) is 9.78. The molecule has 0 saturated heterocycles. The van der Waals surface area contributed by atoms with Crippen LogP contribution in [0.1, 0.15) is 37.0 Å². The van der Waals surface area contributed by atoms with Gasteiger partial charge in [0.1, 0.15) is 0 Å². The monoisotopic (exact) mass is 299 g/mol. The number of hydrogen-bond acceptors (Lipinski definition) is 3. The Balaban J connectivity index is 3.02. The molecule has 0 saturated carbocycles. The number of carbonyl (C=O) groups excluding carboxylic acids is 1. The van der Waals surface area contributed by atoms with E-state index in [0.717, 1.165) is 12.8 Å². The van der Waals surface area contributed by atoms with Gasteiger partial charge in [0.2, 0.25) is 0 Å². The molecule has 0 spiro atoms. The highest BCUT2D eigenvalue weighted by Gasteiger charge is 2.22. The normalized spacial score (nSPS) is 10.7. The Kier molecular flexibility index (Phi) is 6.65. The summed E-state index contributed by atoms with van der Waals surface area (Å²) in [6, 6.07) is 4.84. The summed E-state index contributed by atoms with van der Waals surface area (Å²) in [4.78, 5) is 14.3. The highest BCUT2D eigenvalue weighted by molar-refractivity contribution is 6.18. The highest BCUT2D eigenvalue weighted by Crippen LogP contribution is 2.27. The largest absolute Gasteiger partial charge is 0.504 e. The molecule has 1 rings (SSSR count). The van der Waals surface area contributed by atoms with Crippen molar-refractivity contribution < 1.29 is 14.6 Å². The number of ether oxygens (including phenoxy) is 1. The van der Waals surface area contributed by atoms with Crippen LogP contribution in [-0.2, 0) is 0 Å². The van der Waals surface area contributed by atoms with E-state index in [2.05, 4.69) is 0 Å². The maximum absolute atomic E-state index is 12.6. The van der Waals surface area contributed by atoms with Crippen molar-refractivity contribution in [3.05, 3.63) is 23.8 Å². The second-order valence-electron chi connectivity index (χ2n) is 4.54. The number of phenolic OH excluding ortho intramolecular Hbond substituents is 1. The number of amides is 1. The number of aromatic hydroxyl groups is 1. The molecule has 112 valence electrons. The fraction of sp³-hybridized carbons (Fsp3) is 0.533. The number of phenols is 1. The topological polar surface area (TPSA) is 49.8 Å². The number of rotatable bonds is 7. The zero-order valence-corrected chi connectivity index (χ0v) is 13.0. The second kappa shape index (κ2) is 8.00. The Labute approximate surface area is 125 Å². The molecule has 5 heteroatoms. The minimum atomic E-state index is -0.114. The van der Waals surface area contributed by atoms with Gasteiger partial charge in [-0.15, -0.1) is 11.6 Å². The summed E-state index contributed by atoms with van der Waals surface area (Å²) >= 11 is 5.80. The van der Waals surface area contributed by atoms with Gasteiger partial charge in [-0.2, -0.15) is 0 Å². The molecule has 0 aliphatic carbocycles. The van der Waals surface area contributed by atoms with Gasteiger partial charge in [-0.3, -0.25) is 4.79 Å². The quantitative estimate of drug-likeness (QED) is 0.786. The number of alkyl halides is 1. The molecule has 1 N–H and O–H groups in total. The minimum Gasteiger partial charge on any atom is -0.504 e. The number of carbonyl (C=O) groups is 1. The van der Waals surface area contributed by atoms with E-state index in [0.29, 0.717) is 23.7 Å². The van der Waals surface area contributed by atoms with Crippen molar-refractivity contribution in [3.8, 4) is 11.5 Å². The first-order valence-electron chi connectivity index (χ1n) is 6.82. The van der Waals surface area contributed by atoms with Crippen LogP contribution in [0.4, 0.5) is 0 Å². The predicted molar refractivity (Wildman–Crippen MR) is 80.8 cm³/mol. The van der Waals surface area contributed by atoms with Crippen LogP contribution >= 0.6 is 11.6 Å². The lowest BCUT2D eigenvalue weighted by Crippen LogP contribution is -2.41. The third-order valence-corrected chi connectivity index (χ3v) is 3.56. The second-order valence-corrected chi connectivity index (χ2v) is 4.92. The Bertz CT molecular complexity index is 447. The third kappa shape index (κ3) is 3.79. The van der Waals surface area contributed by atoms with Crippen molar-refractivity contribution in [1.82, 2.24) is 4.90 Å². The Morgan fingerprint density at radius 1 is 1.40 bits per heavy atom. The lowest BCUT2D eigenvalue weighted by atomic mass is 10.1. The molecular weight excluding hydrogens is 278 g/mol. The molecule has 0 aliphatic heterocycles. The molecule has 4 nitrogen and oxygen atoms in total. The fourth-order valence-electron chi connectivity index (χ4n) is 2.26. The van der Waals surface area contributed by atoms with E-state index in [9.17, 15) is 9.90 Å². The Hall–Kier alpha value is -1.42. The van der Waals surface area contributed by atoms with Crippen LogP contribution in [0.5, 0.6) is 11.5 Å². The first-order valence-corrected chi connectivity index (χ1v) is 7.36. The molecule has 1 aromatic rings. The summed E-state index contributed by atoms with van der Waals surface area (Å²) in [5.74, 6) is 0.601. The van der Waals surface area contributed by atoms with Crippen LogP contribution in [0, 0.1) is 0 Å². The Morgan fingerprint density at radius 2 is 2.05 bits per heavy atom. The first-order chi connectivity index (χ1) is 9.58. The van der Waals surface area contributed by atoms with Crippen molar-refractivity contribution in [2.45, 2.75) is 32.7 Å². The lowest BCUT2D eigenvalue weighted by molar-refractivity contribution is 0.0681. The summed E-state index contributed by atoms with van der Waals surface area (Å²) in [6.07, 6.45) is 1.75. The van der Waals surface area contributed by atoms with Crippen LogP contribution in [-0.4, -0.2) is 41.5 Å². The predicted octanol–water partition coefficient (Wildman–Crippen LogP) is 3.27. The molecule has 0 heterocycles. The highest BCUT2D eigenvalue weighted by atomic mass is 35.5. The molecule has 0 aliphatic rings. The van der Waals surface area contributed by atoms with Gasteiger partial charge < -0.3 is 14.7 Å². The van der Waals surface area contributed by atoms with E-state index in [4.69, 9.17) is 16.3 Å². The number of hydrogen-bond donors (Lipinski definition) is 1. The minimum absolute atomic E-state index is 0.0336. The molecule has 1 amide bonds. The van der Waals surface area contributed by atoms with Crippen molar-refractivity contribution in [3.63, 3.8) is 0 Å². The van der Waals surface area contributed by atoms with E-state index >= 15 is 0 Å². The molecule has 0 fully saturated rings. The van der Waals surface area contributed by atoms with Gasteiger partial charge in [-0.1, -0.05) is 13.8 Å². The Morgan fingerprint density at radius 3 is 2.50 bits per heavy atom. The van der Waals surface area contributed by atoms with Gasteiger partial charge >= 0.3 is 0 Å². The van der Waals surface area contributed by atoms with Gasteiger partial charge in [-0.05, 0) is 31.0 Å². The maximum atomic E-state index is 12.6. The summed E-state index contributed by atoms with van der Waals surface area (Å²) in [7, 11) is 1.47. The fourth-order valence-corrected chi connectivity index (χ4v) is 2.44. The summed E-state index contributed by atoms with van der Waals surface area (Å²) in [6.45, 7) is 4.60. The molecular formula is C15H22ClNO3. The lowest BCUT2D eigenvalue weighted by Gasteiger charge is -2.30. The number of methoxy groups -OCH3 is 1. The van der Waals surface area contributed by atoms with Gasteiger partial charge in [0.05, 0.1) is 7.11 Å². The van der Waals surface area contributed by atoms with E-state index in [1.54, 1.807) is 17.0 Å². The molecule has 1 aromatic carbocycles. The number of benzene rings is 1. The number of nitrogens with zero attached hydrogens (tertiary/aromatic N) is 1. The average Bonchev–Trinajstić information content (AvgIpc) is 2.46. The summed E-state index contributed by atoms with van der Waals surface area (Å²) in [5.41, 5.74) is 0.445. The molecule has 20 heavy (non-hydrogen) atoms. The first kappa shape index (κ1) is 16.6. The summed E-state index contributed by atoms with van der Waals surface area (Å²) < 4.78 is 4.98. The maximum Gasteiger partial charge on any atom is 0.254 e. The molecule has 0 aromatic heterocycles. The van der Waals surface area contributed by atoms with E-state index in [1.165, 1.54) is 13.2 Å². The van der Waals surface area contributed by atoms with Crippen LogP contribution in [0.3, 0.4) is 0 Å². The smallest absolute Gasteiger partial charge is 0.254 e. The van der Waals surface area contributed by atoms with Gasteiger partial charge in [0.15, 0.2) is 11.5 Å². The van der Waals surface area contributed by atoms with Gasteiger partial charge in [0, 0.05) is 24.0 Å². The van der Waals surface area contributed by atoms with E-state index < -0.39 is 0 Å². The molecule has 0 atom stereocenters. The van der Waals surface area contributed by atoms with E-state index in [1.807, 2.05) is 13.8 Å². The molecule has 0 bridgehead atoms. The van der Waals surface area contributed by atoms with Crippen molar-refractivity contribution in [2.24, 2.45) is 0 Å². The van der Waals surface area contributed by atoms with Crippen LogP contribution < -0.4 is 4.74 Å². The van der Waals surface area contributed by atoms with Crippen molar-refractivity contribution >= 4 is 17.5 Å². The van der Waals surface area contributed by atoms with Crippen LogP contribution in [0.2, 0.25) is 0 Å². The average molecular weight is 300 g/mol. The van der Waals surface area contributed by atoms with Crippen molar-refractivity contribution in [1.29, 1.82) is 0 Å². The number of halogens is 1. The van der Waals surface area contributed by atoms with Crippen LogP contribution in [0.25, 0.3) is 0 Å². The van der Waals surface area contributed by atoms with Crippen molar-refractivity contribution in [2.75, 3.05) is 19.5 Å². The van der Waals surface area contributed by atoms with Gasteiger partial charge in [-0.25, -0.2) is 0 Å². The zero-order valence-electron chi connectivity index (χ0n) is 12.2. The SMILES string of the molecule is CCC(CC)N(CCCl)C(=O)c1ccc(OC)c(O)c1.